The van der Waals surface area contributed by atoms with E-state index in [0.717, 1.165) is 15.7 Å². The number of rotatable bonds is 2. The molecule has 0 aliphatic rings. The van der Waals surface area contributed by atoms with Gasteiger partial charge in [0.25, 0.3) is 0 Å². The molecular formula is C14H19N3S. The molecule has 0 atom stereocenters. The molecule has 0 radical (unpaired) electrons. The molecule has 1 aromatic heterocycles. The van der Waals surface area contributed by atoms with Gasteiger partial charge in [0.05, 0.1) is 5.69 Å². The van der Waals surface area contributed by atoms with E-state index in [1.165, 1.54) is 27.8 Å². The van der Waals surface area contributed by atoms with Crippen LogP contribution in [0.15, 0.2) is 6.07 Å². The van der Waals surface area contributed by atoms with E-state index in [1.54, 1.807) is 11.3 Å². The Morgan fingerprint density at radius 3 is 2.06 bits per heavy atom. The van der Waals surface area contributed by atoms with Crippen LogP contribution in [0.4, 0.5) is 5.00 Å². The first-order valence-electron chi connectivity index (χ1n) is 5.97. The zero-order chi connectivity index (χ0) is 13.4. The van der Waals surface area contributed by atoms with E-state index in [-0.39, 0.29) is 0 Å². The summed E-state index contributed by atoms with van der Waals surface area (Å²) in [5, 5.41) is 1.98. The fourth-order valence-electron chi connectivity index (χ4n) is 2.17. The fourth-order valence-corrected chi connectivity index (χ4v) is 3.21. The van der Waals surface area contributed by atoms with Crippen molar-refractivity contribution in [1.29, 1.82) is 0 Å². The minimum absolute atomic E-state index is 0.933. The highest BCUT2D eigenvalue weighted by atomic mass is 32.1. The summed E-state index contributed by atoms with van der Waals surface area (Å²) in [7, 11) is 0. The van der Waals surface area contributed by atoms with Crippen molar-refractivity contribution in [1.82, 2.24) is 4.98 Å². The molecule has 2 aromatic rings. The highest BCUT2D eigenvalue weighted by molar-refractivity contribution is 7.19. The maximum Gasteiger partial charge on any atom is 0.126 e. The fraction of sp³-hybridized carbons (Fsp3) is 0.357. The van der Waals surface area contributed by atoms with E-state index < -0.39 is 0 Å². The maximum atomic E-state index is 5.50. The summed E-state index contributed by atoms with van der Waals surface area (Å²) in [4.78, 5) is 4.63. The van der Waals surface area contributed by atoms with Crippen molar-refractivity contribution in [3.05, 3.63) is 34.0 Å². The zero-order valence-electron chi connectivity index (χ0n) is 11.5. The molecule has 18 heavy (non-hydrogen) atoms. The normalized spacial score (nSPS) is 10.8. The number of benzene rings is 1. The number of hydrogen-bond donors (Lipinski definition) is 2. The number of aryl methyl sites for hydroxylation is 3. The largest absolute Gasteiger partial charge is 0.314 e. The molecule has 0 bridgehead atoms. The van der Waals surface area contributed by atoms with Gasteiger partial charge in [-0.3, -0.25) is 0 Å². The summed E-state index contributed by atoms with van der Waals surface area (Å²) in [5.74, 6) is 5.50. The smallest absolute Gasteiger partial charge is 0.126 e. The third-order valence-electron chi connectivity index (χ3n) is 3.51. The summed E-state index contributed by atoms with van der Waals surface area (Å²) < 4.78 is 0. The SMILES string of the molecule is Cc1cc(C)c(C)c(-c2nc(C)c(NN)s2)c1C. The van der Waals surface area contributed by atoms with Gasteiger partial charge < -0.3 is 5.43 Å². The highest BCUT2D eigenvalue weighted by Gasteiger charge is 2.15. The van der Waals surface area contributed by atoms with Crippen LogP contribution in [0.2, 0.25) is 0 Å². The Hall–Kier alpha value is -1.39. The van der Waals surface area contributed by atoms with Gasteiger partial charge in [-0.25, -0.2) is 10.8 Å². The van der Waals surface area contributed by atoms with E-state index in [1.807, 2.05) is 6.92 Å². The molecule has 0 aliphatic heterocycles. The third kappa shape index (κ3) is 2.02. The van der Waals surface area contributed by atoms with Gasteiger partial charge in [-0.05, 0) is 56.9 Å². The van der Waals surface area contributed by atoms with Crippen molar-refractivity contribution in [2.45, 2.75) is 34.6 Å². The van der Waals surface area contributed by atoms with E-state index in [0.29, 0.717) is 0 Å². The van der Waals surface area contributed by atoms with E-state index in [4.69, 9.17) is 5.84 Å². The molecular weight excluding hydrogens is 242 g/mol. The predicted octanol–water partition coefficient (Wildman–Crippen LogP) is 3.64. The molecule has 0 saturated carbocycles. The van der Waals surface area contributed by atoms with E-state index >= 15 is 0 Å². The van der Waals surface area contributed by atoms with Gasteiger partial charge in [0, 0.05) is 5.56 Å². The summed E-state index contributed by atoms with van der Waals surface area (Å²) in [5.41, 5.74) is 10.1. The Kier molecular flexibility index (Phi) is 3.41. The van der Waals surface area contributed by atoms with Crippen molar-refractivity contribution < 1.29 is 0 Å². The third-order valence-corrected chi connectivity index (χ3v) is 4.61. The van der Waals surface area contributed by atoms with Crippen molar-refractivity contribution in [2.24, 2.45) is 5.84 Å². The molecule has 3 nitrogen and oxygen atoms in total. The first-order chi connectivity index (χ1) is 8.45. The van der Waals surface area contributed by atoms with Crippen molar-refractivity contribution >= 4 is 16.3 Å². The lowest BCUT2D eigenvalue weighted by Crippen LogP contribution is -2.05. The molecule has 0 spiro atoms. The molecule has 96 valence electrons. The summed E-state index contributed by atoms with van der Waals surface area (Å²) in [6.07, 6.45) is 0. The number of nitrogens with one attached hydrogen (secondary N) is 1. The van der Waals surface area contributed by atoms with Crippen LogP contribution < -0.4 is 11.3 Å². The maximum absolute atomic E-state index is 5.50. The number of hydrazine groups is 1. The number of hydrogen-bond acceptors (Lipinski definition) is 4. The van der Waals surface area contributed by atoms with Crippen LogP contribution in [0.25, 0.3) is 10.6 Å². The number of nitrogens with two attached hydrogens (primary N) is 1. The lowest BCUT2D eigenvalue weighted by atomic mass is 9.95. The van der Waals surface area contributed by atoms with Crippen LogP contribution in [0.1, 0.15) is 27.9 Å². The van der Waals surface area contributed by atoms with Crippen LogP contribution in [0.3, 0.4) is 0 Å². The number of aromatic nitrogens is 1. The van der Waals surface area contributed by atoms with Gasteiger partial charge in [-0.2, -0.15) is 0 Å². The second-order valence-corrected chi connectivity index (χ2v) is 5.71. The minimum atomic E-state index is 0.933. The summed E-state index contributed by atoms with van der Waals surface area (Å²) in [6.45, 7) is 10.6. The van der Waals surface area contributed by atoms with E-state index in [9.17, 15) is 0 Å². The molecule has 0 unspecified atom stereocenters. The standard InChI is InChI=1S/C14H19N3S/c1-7-6-8(2)10(4)12(9(7)3)14-16-11(5)13(17-15)18-14/h6,17H,15H2,1-5H3. The van der Waals surface area contributed by atoms with Gasteiger partial charge in [0.15, 0.2) is 0 Å². The first-order valence-corrected chi connectivity index (χ1v) is 6.79. The van der Waals surface area contributed by atoms with Crippen molar-refractivity contribution in [3.63, 3.8) is 0 Å². The predicted molar refractivity (Wildman–Crippen MR) is 79.0 cm³/mol. The monoisotopic (exact) mass is 261 g/mol. The Labute approximate surface area is 112 Å². The van der Waals surface area contributed by atoms with Crippen LogP contribution >= 0.6 is 11.3 Å². The molecule has 0 fully saturated rings. The molecule has 0 saturated heterocycles. The highest BCUT2D eigenvalue weighted by Crippen LogP contribution is 2.37. The van der Waals surface area contributed by atoms with Crippen molar-refractivity contribution in [3.8, 4) is 10.6 Å². The average molecular weight is 261 g/mol. The Bertz CT molecular complexity index is 573. The second-order valence-electron chi connectivity index (χ2n) is 4.71. The van der Waals surface area contributed by atoms with Crippen LogP contribution in [0.5, 0.6) is 0 Å². The number of nitrogen functional groups attached to an aromatic ring is 1. The molecule has 4 heteroatoms. The molecule has 2 rings (SSSR count). The molecule has 0 amide bonds. The first kappa shape index (κ1) is 13.1. The van der Waals surface area contributed by atoms with Gasteiger partial charge in [0.2, 0.25) is 0 Å². The van der Waals surface area contributed by atoms with Gasteiger partial charge in [-0.15, -0.1) is 0 Å². The Morgan fingerprint density at radius 1 is 1.06 bits per heavy atom. The van der Waals surface area contributed by atoms with Gasteiger partial charge >= 0.3 is 0 Å². The molecule has 1 aromatic carbocycles. The van der Waals surface area contributed by atoms with Crippen molar-refractivity contribution in [2.75, 3.05) is 5.43 Å². The lowest BCUT2D eigenvalue weighted by molar-refractivity contribution is 1.20. The molecule has 3 N–H and O–H groups in total. The van der Waals surface area contributed by atoms with Crippen LogP contribution in [-0.2, 0) is 0 Å². The molecule has 0 aliphatic carbocycles. The van der Waals surface area contributed by atoms with Crippen LogP contribution in [-0.4, -0.2) is 4.98 Å². The quantitative estimate of drug-likeness (QED) is 0.641. The summed E-state index contributed by atoms with van der Waals surface area (Å²) in [6, 6.07) is 2.23. The number of nitrogens with zero attached hydrogens (tertiary/aromatic N) is 1. The number of thiazole rings is 1. The zero-order valence-corrected chi connectivity index (χ0v) is 12.3. The number of anilines is 1. The van der Waals surface area contributed by atoms with Crippen LogP contribution in [0, 0.1) is 34.6 Å². The second kappa shape index (κ2) is 4.71. The van der Waals surface area contributed by atoms with Gasteiger partial charge in [0.1, 0.15) is 10.0 Å². The minimum Gasteiger partial charge on any atom is -0.314 e. The summed E-state index contributed by atoms with van der Waals surface area (Å²) >= 11 is 1.61. The lowest BCUT2D eigenvalue weighted by Gasteiger charge is -2.13. The van der Waals surface area contributed by atoms with Gasteiger partial charge in [-0.1, -0.05) is 17.4 Å². The molecule has 1 heterocycles. The topological polar surface area (TPSA) is 50.9 Å². The Morgan fingerprint density at radius 2 is 1.61 bits per heavy atom. The Balaban J connectivity index is 2.70. The van der Waals surface area contributed by atoms with E-state index in [2.05, 4.69) is 44.2 Å². The average Bonchev–Trinajstić information content (AvgIpc) is 2.68.